The van der Waals surface area contributed by atoms with Gasteiger partial charge in [-0.15, -0.1) is 0 Å². The van der Waals surface area contributed by atoms with Gasteiger partial charge in [-0.2, -0.15) is 0 Å². The fourth-order valence-electron chi connectivity index (χ4n) is 1.93. The molecule has 1 unspecified atom stereocenters. The zero-order chi connectivity index (χ0) is 11.5. The van der Waals surface area contributed by atoms with Crippen LogP contribution in [0, 0.1) is 5.92 Å². The molecule has 1 heteroatoms. The lowest BCUT2D eigenvalue weighted by Gasteiger charge is -2.23. The fraction of sp³-hybridized carbons (Fsp3) is 0.929. The van der Waals surface area contributed by atoms with E-state index in [4.69, 9.17) is 5.73 Å². The molecule has 1 atom stereocenters. The fourth-order valence-corrected chi connectivity index (χ4v) is 1.93. The molecule has 0 aliphatic rings. The van der Waals surface area contributed by atoms with Crippen molar-refractivity contribution >= 4 is 0 Å². The highest BCUT2D eigenvalue weighted by molar-refractivity contribution is 4.99. The zero-order valence-electron chi connectivity index (χ0n) is 11.0. The van der Waals surface area contributed by atoms with Gasteiger partial charge < -0.3 is 5.73 Å². The summed E-state index contributed by atoms with van der Waals surface area (Å²) in [7, 11) is 0. The van der Waals surface area contributed by atoms with E-state index < -0.39 is 0 Å². The minimum atomic E-state index is 0.378. The molecule has 1 radical (unpaired) electrons. The first-order chi connectivity index (χ1) is 7.26. The molecule has 0 aromatic carbocycles. The van der Waals surface area contributed by atoms with E-state index in [9.17, 15) is 0 Å². The van der Waals surface area contributed by atoms with Crippen LogP contribution < -0.4 is 5.73 Å². The van der Waals surface area contributed by atoms with Crippen LogP contribution in [-0.2, 0) is 0 Å². The first-order valence-electron chi connectivity index (χ1n) is 6.86. The summed E-state index contributed by atoms with van der Waals surface area (Å²) in [5, 5.41) is 0. The second-order valence-corrected chi connectivity index (χ2v) is 4.61. The maximum atomic E-state index is 6.25. The highest BCUT2D eigenvalue weighted by Gasteiger charge is 2.16. The summed E-state index contributed by atoms with van der Waals surface area (Å²) in [6.07, 6.45) is 11.5. The van der Waals surface area contributed by atoms with Gasteiger partial charge in [0.25, 0.3) is 0 Å². The average molecular weight is 212 g/mol. The van der Waals surface area contributed by atoms with Gasteiger partial charge in [0.05, 0.1) is 0 Å². The Morgan fingerprint density at radius 2 is 1.33 bits per heavy atom. The molecule has 0 aliphatic carbocycles. The standard InChI is InChI=1S/C14H30N/c1-4-7-10-13(11-8-5-2)14(15)12-9-6-3/h14H,4-12,15H2,1-3H3. The molecule has 0 aliphatic heterocycles. The molecule has 0 aromatic heterocycles. The van der Waals surface area contributed by atoms with Crippen LogP contribution >= 0.6 is 0 Å². The molecule has 91 valence electrons. The third-order valence-electron chi connectivity index (χ3n) is 3.10. The van der Waals surface area contributed by atoms with Crippen LogP contribution in [0.15, 0.2) is 0 Å². The van der Waals surface area contributed by atoms with E-state index in [1.807, 2.05) is 0 Å². The largest absolute Gasteiger partial charge is 0.327 e. The quantitative estimate of drug-likeness (QED) is 0.568. The minimum absolute atomic E-state index is 0.378. The van der Waals surface area contributed by atoms with Crippen molar-refractivity contribution in [3.8, 4) is 0 Å². The maximum Gasteiger partial charge on any atom is 0.0101 e. The molecule has 0 fully saturated rings. The number of hydrogen-bond acceptors (Lipinski definition) is 1. The van der Waals surface area contributed by atoms with Gasteiger partial charge in [-0.3, -0.25) is 0 Å². The van der Waals surface area contributed by atoms with Crippen molar-refractivity contribution in [2.24, 2.45) is 5.73 Å². The van der Waals surface area contributed by atoms with Crippen LogP contribution in [-0.4, -0.2) is 6.04 Å². The molecule has 1 nitrogen and oxygen atoms in total. The monoisotopic (exact) mass is 212 g/mol. The van der Waals surface area contributed by atoms with E-state index in [1.165, 1.54) is 57.8 Å². The molecule has 0 spiro atoms. The van der Waals surface area contributed by atoms with Crippen LogP contribution in [0.5, 0.6) is 0 Å². The molecular weight excluding hydrogens is 182 g/mol. The van der Waals surface area contributed by atoms with E-state index in [-0.39, 0.29) is 0 Å². The van der Waals surface area contributed by atoms with Crippen molar-refractivity contribution < 1.29 is 0 Å². The Bertz CT molecular complexity index is 115. The summed E-state index contributed by atoms with van der Waals surface area (Å²) in [6, 6.07) is 0.378. The van der Waals surface area contributed by atoms with Crippen molar-refractivity contribution in [1.82, 2.24) is 0 Å². The van der Waals surface area contributed by atoms with Gasteiger partial charge in [-0.1, -0.05) is 59.3 Å². The Morgan fingerprint density at radius 3 is 1.73 bits per heavy atom. The van der Waals surface area contributed by atoms with Crippen LogP contribution in [0.4, 0.5) is 0 Å². The van der Waals surface area contributed by atoms with Gasteiger partial charge in [0.15, 0.2) is 0 Å². The summed E-state index contributed by atoms with van der Waals surface area (Å²) in [5.74, 6) is 1.63. The number of nitrogens with two attached hydrogens (primary N) is 1. The van der Waals surface area contributed by atoms with E-state index in [0.29, 0.717) is 6.04 Å². The number of hydrogen-bond donors (Lipinski definition) is 1. The third-order valence-corrected chi connectivity index (χ3v) is 3.10. The number of unbranched alkanes of at least 4 members (excludes halogenated alkanes) is 3. The first kappa shape index (κ1) is 15.0. The lowest BCUT2D eigenvalue weighted by Crippen LogP contribution is -2.28. The van der Waals surface area contributed by atoms with E-state index in [2.05, 4.69) is 20.8 Å². The summed E-state index contributed by atoms with van der Waals surface area (Å²) in [6.45, 7) is 6.76. The molecular formula is C14H30N. The van der Waals surface area contributed by atoms with Crippen LogP contribution in [0.25, 0.3) is 0 Å². The van der Waals surface area contributed by atoms with Crippen molar-refractivity contribution in [3.05, 3.63) is 5.92 Å². The Kier molecular flexibility index (Phi) is 10.4. The van der Waals surface area contributed by atoms with Gasteiger partial charge in [0, 0.05) is 6.04 Å². The Balaban J connectivity index is 3.84. The lowest BCUT2D eigenvalue weighted by molar-refractivity contribution is 0.501. The SMILES string of the molecule is CCCC[C](CCCC)C(N)CCCC. The Hall–Kier alpha value is -0.0400. The summed E-state index contributed by atoms with van der Waals surface area (Å²) >= 11 is 0. The van der Waals surface area contributed by atoms with Crippen LogP contribution in [0.2, 0.25) is 0 Å². The van der Waals surface area contributed by atoms with Gasteiger partial charge in [-0.05, 0) is 25.2 Å². The molecule has 0 saturated heterocycles. The molecule has 0 heterocycles. The summed E-state index contributed by atoms with van der Waals surface area (Å²) in [4.78, 5) is 0. The predicted molar refractivity (Wildman–Crippen MR) is 69.8 cm³/mol. The van der Waals surface area contributed by atoms with Crippen molar-refractivity contribution in [3.63, 3.8) is 0 Å². The number of rotatable bonds is 10. The topological polar surface area (TPSA) is 26.0 Å². The first-order valence-corrected chi connectivity index (χ1v) is 6.86. The van der Waals surface area contributed by atoms with Crippen molar-refractivity contribution in [1.29, 1.82) is 0 Å². The predicted octanol–water partition coefficient (Wildman–Crippen LogP) is 4.46. The Labute approximate surface area is 96.8 Å². The zero-order valence-corrected chi connectivity index (χ0v) is 11.0. The molecule has 0 rings (SSSR count). The minimum Gasteiger partial charge on any atom is -0.327 e. The summed E-state index contributed by atoms with van der Waals surface area (Å²) in [5.41, 5.74) is 6.25. The van der Waals surface area contributed by atoms with Gasteiger partial charge in [0.1, 0.15) is 0 Å². The second-order valence-electron chi connectivity index (χ2n) is 4.61. The van der Waals surface area contributed by atoms with Crippen molar-refractivity contribution in [2.45, 2.75) is 84.6 Å². The van der Waals surface area contributed by atoms with Gasteiger partial charge in [-0.25, -0.2) is 0 Å². The maximum absolute atomic E-state index is 6.25. The molecule has 0 bridgehead atoms. The van der Waals surface area contributed by atoms with Gasteiger partial charge >= 0.3 is 0 Å². The summed E-state index contributed by atoms with van der Waals surface area (Å²) < 4.78 is 0. The molecule has 0 saturated carbocycles. The lowest BCUT2D eigenvalue weighted by atomic mass is 9.87. The molecule has 0 aromatic rings. The smallest absolute Gasteiger partial charge is 0.0101 e. The van der Waals surface area contributed by atoms with Gasteiger partial charge in [0.2, 0.25) is 0 Å². The van der Waals surface area contributed by atoms with E-state index in [0.717, 1.165) is 0 Å². The van der Waals surface area contributed by atoms with Crippen molar-refractivity contribution in [2.75, 3.05) is 0 Å². The highest BCUT2D eigenvalue weighted by Crippen LogP contribution is 2.23. The normalized spacial score (nSPS) is 13.4. The van der Waals surface area contributed by atoms with E-state index >= 15 is 0 Å². The van der Waals surface area contributed by atoms with Crippen LogP contribution in [0.3, 0.4) is 0 Å². The second kappa shape index (κ2) is 10.5. The van der Waals surface area contributed by atoms with Crippen LogP contribution in [0.1, 0.15) is 78.6 Å². The molecule has 15 heavy (non-hydrogen) atoms. The third kappa shape index (κ3) is 7.84. The average Bonchev–Trinajstić information content (AvgIpc) is 2.26. The van der Waals surface area contributed by atoms with E-state index in [1.54, 1.807) is 5.92 Å². The molecule has 0 amide bonds. The Morgan fingerprint density at radius 1 is 0.867 bits per heavy atom. The molecule has 2 N–H and O–H groups in total. The highest BCUT2D eigenvalue weighted by atomic mass is 14.6.